The van der Waals surface area contributed by atoms with Crippen LogP contribution in [-0.2, 0) is 39.1 Å². The van der Waals surface area contributed by atoms with E-state index in [1.165, 1.54) is 11.1 Å². The average molecular weight is 515 g/mol. The molecule has 0 unspecified atom stereocenters. The molecule has 3 rings (SSSR count). The van der Waals surface area contributed by atoms with Crippen molar-refractivity contribution >= 4 is 7.82 Å². The van der Waals surface area contributed by atoms with Crippen LogP contribution in [0.3, 0.4) is 0 Å². The molecule has 0 spiro atoms. The van der Waals surface area contributed by atoms with Crippen LogP contribution in [0.5, 0.6) is 11.5 Å². The van der Waals surface area contributed by atoms with E-state index < -0.39 is 7.82 Å². The summed E-state index contributed by atoms with van der Waals surface area (Å²) < 4.78 is 25.6. The lowest BCUT2D eigenvalue weighted by Gasteiger charge is -2.32. The second-order valence-corrected chi connectivity index (χ2v) is 15.8. The first kappa shape index (κ1) is 28.8. The van der Waals surface area contributed by atoms with Gasteiger partial charge in [-0.25, -0.2) is 4.57 Å². The van der Waals surface area contributed by atoms with E-state index in [-0.39, 0.29) is 21.7 Å². The highest BCUT2D eigenvalue weighted by Gasteiger charge is 2.36. The van der Waals surface area contributed by atoms with Gasteiger partial charge in [0.15, 0.2) is 0 Å². The molecule has 0 saturated carbocycles. The number of benzene rings is 2. The van der Waals surface area contributed by atoms with Gasteiger partial charge in [-0.1, -0.05) is 107 Å². The van der Waals surface area contributed by atoms with Crippen molar-refractivity contribution in [2.75, 3.05) is 0 Å². The van der Waals surface area contributed by atoms with Crippen molar-refractivity contribution in [3.63, 3.8) is 0 Å². The minimum absolute atomic E-state index is 0.0560. The first-order chi connectivity index (χ1) is 16.1. The largest absolute Gasteiger partial charge is 0.584 e. The highest BCUT2D eigenvalue weighted by atomic mass is 31.2. The molecule has 5 heteroatoms. The van der Waals surface area contributed by atoms with Crippen LogP contribution in [-0.4, -0.2) is 4.89 Å². The quantitative estimate of drug-likeness (QED) is 0.357. The molecule has 0 amide bonds. The summed E-state index contributed by atoms with van der Waals surface area (Å²) in [6.45, 7) is 25.8. The predicted molar refractivity (Wildman–Crippen MR) is 151 cm³/mol. The van der Waals surface area contributed by atoms with Crippen molar-refractivity contribution in [1.29, 1.82) is 0 Å². The molecule has 0 aliphatic carbocycles. The van der Waals surface area contributed by atoms with Gasteiger partial charge in [0.1, 0.15) is 11.5 Å². The number of phosphoric acid groups is 1. The molecule has 0 fully saturated rings. The Kier molecular flexibility index (Phi) is 7.36. The second kappa shape index (κ2) is 9.21. The summed E-state index contributed by atoms with van der Waals surface area (Å²) in [6, 6.07) is 8.57. The fraction of sp³-hybridized carbons (Fsp3) is 0.613. The number of hydrogen-bond acceptors (Lipinski definition) is 3. The Bertz CT molecular complexity index is 1090. The van der Waals surface area contributed by atoms with Crippen molar-refractivity contribution < 1.29 is 18.5 Å². The van der Waals surface area contributed by atoms with Gasteiger partial charge in [-0.15, -0.1) is 0 Å². The van der Waals surface area contributed by atoms with Gasteiger partial charge in [0.25, 0.3) is 0 Å². The van der Waals surface area contributed by atoms with Crippen molar-refractivity contribution in [1.82, 2.24) is 0 Å². The van der Waals surface area contributed by atoms with Gasteiger partial charge >= 0.3 is 7.82 Å². The van der Waals surface area contributed by atoms with Crippen LogP contribution in [0.25, 0.3) is 0 Å². The van der Waals surface area contributed by atoms with Gasteiger partial charge in [0.05, 0.1) is 0 Å². The van der Waals surface area contributed by atoms with Crippen LogP contribution in [0.1, 0.15) is 123 Å². The maximum absolute atomic E-state index is 13.6. The Hall–Kier alpha value is -1.77. The predicted octanol–water partition coefficient (Wildman–Crippen LogP) is 8.92. The second-order valence-electron chi connectivity index (χ2n) is 14.5. The molecule has 2 aromatic rings. The van der Waals surface area contributed by atoms with Crippen LogP contribution in [0.15, 0.2) is 24.3 Å². The lowest BCUT2D eigenvalue weighted by molar-refractivity contribution is 0.282. The Morgan fingerprint density at radius 2 is 0.944 bits per heavy atom. The highest BCUT2D eigenvalue weighted by Crippen LogP contribution is 2.53. The fourth-order valence-electron chi connectivity index (χ4n) is 4.66. The van der Waals surface area contributed by atoms with Gasteiger partial charge in [0, 0.05) is 11.1 Å². The minimum Gasteiger partial charge on any atom is -0.395 e. The van der Waals surface area contributed by atoms with Gasteiger partial charge in [-0.05, 0) is 63.2 Å². The van der Waals surface area contributed by atoms with Gasteiger partial charge in [-0.2, -0.15) is 0 Å². The molecule has 1 heterocycles. The molecule has 0 saturated heterocycles. The third-order valence-electron chi connectivity index (χ3n) is 6.99. The van der Waals surface area contributed by atoms with Crippen LogP contribution < -0.4 is 9.05 Å². The lowest BCUT2D eigenvalue weighted by Crippen LogP contribution is -2.21. The maximum atomic E-state index is 13.6. The van der Waals surface area contributed by atoms with Crippen LogP contribution in [0.4, 0.5) is 0 Å². The number of fused-ring (bicyclic) bond motifs is 2. The highest BCUT2D eigenvalue weighted by molar-refractivity contribution is 7.48. The van der Waals surface area contributed by atoms with E-state index >= 15 is 0 Å². The molecular weight excluding hydrogens is 467 g/mol. The van der Waals surface area contributed by atoms with Crippen molar-refractivity contribution in [2.45, 2.75) is 124 Å². The zero-order valence-electron chi connectivity index (χ0n) is 24.5. The zero-order valence-corrected chi connectivity index (χ0v) is 25.4. The van der Waals surface area contributed by atoms with Crippen LogP contribution >= 0.6 is 7.82 Å². The fourth-order valence-corrected chi connectivity index (χ4v) is 5.59. The summed E-state index contributed by atoms with van der Waals surface area (Å²) >= 11 is 0. The van der Waals surface area contributed by atoms with E-state index in [2.05, 4.69) is 107 Å². The van der Waals surface area contributed by atoms with Crippen molar-refractivity contribution in [3.05, 3.63) is 57.6 Å². The molecule has 0 atom stereocenters. The van der Waals surface area contributed by atoms with Crippen molar-refractivity contribution in [3.8, 4) is 11.5 Å². The summed E-state index contributed by atoms with van der Waals surface area (Å²) in [5, 5.41) is 0. The Balaban J connectivity index is 2.25. The molecule has 0 bridgehead atoms. The first-order valence-electron chi connectivity index (χ1n) is 13.2. The number of hydrogen-bond donors (Lipinski definition) is 1. The number of rotatable bonds is 0. The van der Waals surface area contributed by atoms with Gasteiger partial charge < -0.3 is 9.05 Å². The number of aryl methyl sites for hydroxylation is 2. The third-order valence-corrected chi connectivity index (χ3v) is 7.81. The van der Waals surface area contributed by atoms with E-state index in [4.69, 9.17) is 9.05 Å². The Morgan fingerprint density at radius 3 is 1.22 bits per heavy atom. The Morgan fingerprint density at radius 1 is 0.611 bits per heavy atom. The number of phosphoric ester groups is 1. The molecule has 200 valence electrons. The average Bonchev–Trinajstić information content (AvgIpc) is 2.65. The van der Waals surface area contributed by atoms with E-state index in [0.29, 0.717) is 11.5 Å². The molecule has 0 aromatic heterocycles. The molecule has 1 aliphatic heterocycles. The third kappa shape index (κ3) is 6.37. The summed E-state index contributed by atoms with van der Waals surface area (Å²) in [7, 11) is -4.47. The normalized spacial score (nSPS) is 16.9. The van der Waals surface area contributed by atoms with Crippen LogP contribution in [0.2, 0.25) is 0 Å². The summed E-state index contributed by atoms with van der Waals surface area (Å²) in [5.41, 5.74) is 5.55. The monoisotopic (exact) mass is 514 g/mol. The summed E-state index contributed by atoms with van der Waals surface area (Å²) in [4.78, 5) is 11.1. The molecule has 2 aromatic carbocycles. The van der Waals surface area contributed by atoms with E-state index in [0.717, 1.165) is 41.5 Å². The first-order valence-corrected chi connectivity index (χ1v) is 14.7. The zero-order chi connectivity index (χ0) is 27.5. The van der Waals surface area contributed by atoms with E-state index in [1.807, 2.05) is 0 Å². The maximum Gasteiger partial charge on any atom is 0.584 e. The summed E-state index contributed by atoms with van der Waals surface area (Å²) in [6.07, 6.45) is 2.40. The standard InChI is InChI=1S/C31H47O4P/c1-28(2,3)22-16-20-14-13-15-21-17-23(29(4,5)6)19-25(31(10,11)12)27(21)35-36(32,33)34-26(20)24(18-22)30(7,8)9/h16-19H,13-15H2,1-12H3,(H,32,33). The minimum atomic E-state index is -4.47. The smallest absolute Gasteiger partial charge is 0.395 e. The molecule has 1 aliphatic rings. The molecule has 4 nitrogen and oxygen atoms in total. The topological polar surface area (TPSA) is 55.8 Å². The lowest BCUT2D eigenvalue weighted by atomic mass is 9.77. The van der Waals surface area contributed by atoms with Gasteiger partial charge in [0.2, 0.25) is 0 Å². The molecule has 0 radical (unpaired) electrons. The molecular formula is C31H47O4P. The SMILES string of the molecule is CC(C)(C)c1cc2c(c(C(C)(C)C)c1)OP(=O)(O)Oc1c(cc(C(C)(C)C)cc1C(C)(C)C)CCC2. The van der Waals surface area contributed by atoms with Crippen LogP contribution in [0, 0.1) is 0 Å². The van der Waals surface area contributed by atoms with Gasteiger partial charge in [-0.3, -0.25) is 4.89 Å². The Labute approximate surface area is 219 Å². The summed E-state index contributed by atoms with van der Waals surface area (Å²) in [5.74, 6) is 0.988. The van der Waals surface area contributed by atoms with Crippen molar-refractivity contribution in [2.24, 2.45) is 0 Å². The van der Waals surface area contributed by atoms with E-state index in [9.17, 15) is 9.46 Å². The molecule has 36 heavy (non-hydrogen) atoms. The van der Waals surface area contributed by atoms with E-state index in [1.54, 1.807) is 0 Å². The molecule has 1 N–H and O–H groups in total.